The van der Waals surface area contributed by atoms with E-state index in [0.717, 1.165) is 32.8 Å². The van der Waals surface area contributed by atoms with Gasteiger partial charge in [0.2, 0.25) is 0 Å². The summed E-state index contributed by atoms with van der Waals surface area (Å²) < 4.78 is 6.30. The molecule has 0 atom stereocenters. The van der Waals surface area contributed by atoms with Gasteiger partial charge in [-0.05, 0) is 37.5 Å². The molecule has 146 valence electrons. The second kappa shape index (κ2) is 8.33. The van der Waals surface area contributed by atoms with Crippen molar-refractivity contribution in [3.05, 3.63) is 62.9 Å². The van der Waals surface area contributed by atoms with Crippen molar-refractivity contribution in [1.29, 1.82) is 0 Å². The van der Waals surface area contributed by atoms with Crippen LogP contribution in [-0.2, 0) is 10.2 Å². The molecule has 3 heterocycles. The molecule has 1 amide bonds. The minimum atomic E-state index is -0.0854. The van der Waals surface area contributed by atoms with Gasteiger partial charge in [0, 0.05) is 25.2 Å². The maximum absolute atomic E-state index is 12.9. The molecule has 0 aliphatic carbocycles. The van der Waals surface area contributed by atoms with E-state index in [2.05, 4.69) is 34.6 Å². The lowest BCUT2D eigenvalue weighted by Crippen LogP contribution is -2.44. The number of aromatic nitrogens is 1. The van der Waals surface area contributed by atoms with Gasteiger partial charge in [-0.1, -0.05) is 41.9 Å². The summed E-state index contributed by atoms with van der Waals surface area (Å²) in [6, 6.07) is 14.2. The minimum Gasteiger partial charge on any atom is -0.381 e. The fourth-order valence-electron chi connectivity index (χ4n) is 3.59. The molecule has 3 aromatic rings. The molecule has 0 unspecified atom stereocenters. The van der Waals surface area contributed by atoms with Gasteiger partial charge in [-0.15, -0.1) is 22.7 Å². The summed E-state index contributed by atoms with van der Waals surface area (Å²) in [6.07, 6.45) is 1.80. The SMILES string of the molecule is Cc1nc(-c2ccc(Cl)s2)sc1C(=O)NCC1(c2ccccc2)CCOCC1. The van der Waals surface area contributed by atoms with Gasteiger partial charge in [-0.25, -0.2) is 4.98 Å². The van der Waals surface area contributed by atoms with Gasteiger partial charge in [0.05, 0.1) is 14.9 Å². The van der Waals surface area contributed by atoms with Gasteiger partial charge >= 0.3 is 0 Å². The molecule has 28 heavy (non-hydrogen) atoms. The highest BCUT2D eigenvalue weighted by atomic mass is 35.5. The van der Waals surface area contributed by atoms with Crippen LogP contribution in [0.4, 0.5) is 0 Å². The van der Waals surface area contributed by atoms with Crippen LogP contribution in [0.25, 0.3) is 9.88 Å². The molecule has 4 nitrogen and oxygen atoms in total. The highest BCUT2D eigenvalue weighted by Crippen LogP contribution is 2.36. The molecule has 0 saturated carbocycles. The van der Waals surface area contributed by atoms with Crippen molar-refractivity contribution in [3.8, 4) is 9.88 Å². The first-order chi connectivity index (χ1) is 13.6. The van der Waals surface area contributed by atoms with Gasteiger partial charge in [-0.3, -0.25) is 4.79 Å². The Balaban J connectivity index is 1.52. The molecule has 1 fully saturated rings. The van der Waals surface area contributed by atoms with Crippen LogP contribution in [0.5, 0.6) is 0 Å². The maximum atomic E-state index is 12.9. The predicted octanol–water partition coefficient (Wildman–Crippen LogP) is 5.31. The molecule has 1 N–H and O–H groups in total. The maximum Gasteiger partial charge on any atom is 0.263 e. The smallest absolute Gasteiger partial charge is 0.263 e. The van der Waals surface area contributed by atoms with Gasteiger partial charge in [-0.2, -0.15) is 0 Å². The predicted molar refractivity (Wildman–Crippen MR) is 116 cm³/mol. The first-order valence-corrected chi connectivity index (χ1v) is 11.2. The summed E-state index contributed by atoms with van der Waals surface area (Å²) in [5.74, 6) is -0.0642. The number of thiazole rings is 1. The van der Waals surface area contributed by atoms with Crippen LogP contribution in [0.1, 0.15) is 33.8 Å². The number of carbonyl (C=O) groups is 1. The standard InChI is InChI=1S/C21H21ClN2O2S2/c1-14-18(28-20(24-14)16-7-8-17(22)27-16)19(25)23-13-21(9-11-26-12-10-21)15-5-3-2-4-6-15/h2-8H,9-13H2,1H3,(H,23,25). The van der Waals surface area contributed by atoms with E-state index in [0.29, 0.717) is 24.6 Å². The first kappa shape index (κ1) is 19.6. The van der Waals surface area contributed by atoms with E-state index >= 15 is 0 Å². The van der Waals surface area contributed by atoms with Crippen molar-refractivity contribution < 1.29 is 9.53 Å². The number of benzene rings is 1. The Morgan fingerprint density at radius 3 is 2.61 bits per heavy atom. The highest BCUT2D eigenvalue weighted by molar-refractivity contribution is 7.24. The van der Waals surface area contributed by atoms with Crippen LogP contribution < -0.4 is 5.32 Å². The lowest BCUT2D eigenvalue weighted by molar-refractivity contribution is 0.0487. The number of nitrogens with zero attached hydrogens (tertiary/aromatic N) is 1. The van der Waals surface area contributed by atoms with Gasteiger partial charge in [0.25, 0.3) is 5.91 Å². The summed E-state index contributed by atoms with van der Waals surface area (Å²) >= 11 is 8.93. The fraction of sp³-hybridized carbons (Fsp3) is 0.333. The topological polar surface area (TPSA) is 51.2 Å². The molecule has 7 heteroatoms. The normalized spacial score (nSPS) is 16.1. The number of halogens is 1. The number of ether oxygens (including phenoxy) is 1. The molecule has 0 bridgehead atoms. The average molecular weight is 433 g/mol. The molecule has 0 radical (unpaired) electrons. The largest absolute Gasteiger partial charge is 0.381 e. The van der Waals surface area contributed by atoms with Crippen molar-refractivity contribution in [2.45, 2.75) is 25.2 Å². The first-order valence-electron chi connectivity index (χ1n) is 9.22. The quantitative estimate of drug-likeness (QED) is 0.594. The lowest BCUT2D eigenvalue weighted by atomic mass is 9.74. The second-order valence-electron chi connectivity index (χ2n) is 6.98. The minimum absolute atomic E-state index is 0.0642. The molecule has 1 aliphatic rings. The molecule has 1 saturated heterocycles. The van der Waals surface area contributed by atoms with Crippen molar-refractivity contribution >= 4 is 40.2 Å². The Morgan fingerprint density at radius 2 is 1.93 bits per heavy atom. The molecule has 0 spiro atoms. The average Bonchev–Trinajstić information content (AvgIpc) is 3.33. The van der Waals surface area contributed by atoms with E-state index in [1.54, 1.807) is 0 Å². The van der Waals surface area contributed by atoms with Gasteiger partial charge in [0.1, 0.15) is 9.88 Å². The molecule has 2 aromatic heterocycles. The Morgan fingerprint density at radius 1 is 1.18 bits per heavy atom. The third-order valence-electron chi connectivity index (χ3n) is 5.21. The zero-order valence-corrected chi connectivity index (χ0v) is 17.9. The highest BCUT2D eigenvalue weighted by Gasteiger charge is 2.35. The molecular weight excluding hydrogens is 412 g/mol. The number of hydrogen-bond acceptors (Lipinski definition) is 5. The van der Waals surface area contributed by atoms with Crippen LogP contribution >= 0.6 is 34.3 Å². The van der Waals surface area contributed by atoms with E-state index in [1.165, 1.54) is 28.2 Å². The Labute approximate surface area is 177 Å². The summed E-state index contributed by atoms with van der Waals surface area (Å²) in [7, 11) is 0. The zero-order chi connectivity index (χ0) is 19.6. The van der Waals surface area contributed by atoms with Crippen molar-refractivity contribution in [1.82, 2.24) is 10.3 Å². The number of carbonyl (C=O) groups excluding carboxylic acids is 1. The number of rotatable bonds is 5. The summed E-state index contributed by atoms with van der Waals surface area (Å²) in [4.78, 5) is 19.2. The lowest BCUT2D eigenvalue weighted by Gasteiger charge is -2.38. The van der Waals surface area contributed by atoms with Crippen LogP contribution in [-0.4, -0.2) is 30.6 Å². The summed E-state index contributed by atoms with van der Waals surface area (Å²) in [5.41, 5.74) is 1.93. The third kappa shape index (κ3) is 4.01. The number of amides is 1. The van der Waals surface area contributed by atoms with Crippen molar-refractivity contribution in [3.63, 3.8) is 0 Å². The van der Waals surface area contributed by atoms with Gasteiger partial charge in [0.15, 0.2) is 0 Å². The summed E-state index contributed by atoms with van der Waals surface area (Å²) in [6.45, 7) is 3.91. The van der Waals surface area contributed by atoms with Crippen LogP contribution in [0.3, 0.4) is 0 Å². The Kier molecular flexibility index (Phi) is 5.83. The fourth-order valence-corrected chi connectivity index (χ4v) is 5.67. The number of nitrogens with one attached hydrogen (secondary N) is 1. The third-order valence-corrected chi connectivity index (χ3v) is 7.77. The number of hydrogen-bond donors (Lipinski definition) is 1. The van der Waals surface area contributed by atoms with E-state index in [4.69, 9.17) is 16.3 Å². The van der Waals surface area contributed by atoms with Gasteiger partial charge < -0.3 is 10.1 Å². The molecule has 1 aliphatic heterocycles. The van der Waals surface area contributed by atoms with Crippen LogP contribution in [0, 0.1) is 6.92 Å². The van der Waals surface area contributed by atoms with E-state index in [9.17, 15) is 4.79 Å². The Bertz CT molecular complexity index is 962. The zero-order valence-electron chi connectivity index (χ0n) is 15.5. The van der Waals surface area contributed by atoms with Crippen LogP contribution in [0.2, 0.25) is 4.34 Å². The molecule has 4 rings (SSSR count). The van der Waals surface area contributed by atoms with Crippen molar-refractivity contribution in [2.24, 2.45) is 0 Å². The second-order valence-corrected chi connectivity index (χ2v) is 9.69. The van der Waals surface area contributed by atoms with E-state index in [-0.39, 0.29) is 11.3 Å². The van der Waals surface area contributed by atoms with Crippen LogP contribution in [0.15, 0.2) is 42.5 Å². The number of thiophene rings is 1. The number of aryl methyl sites for hydroxylation is 1. The molecule has 1 aromatic carbocycles. The van der Waals surface area contributed by atoms with Crippen molar-refractivity contribution in [2.75, 3.05) is 19.8 Å². The van der Waals surface area contributed by atoms with E-state index in [1.807, 2.05) is 25.1 Å². The monoisotopic (exact) mass is 432 g/mol. The molecular formula is C21H21ClN2O2S2. The summed E-state index contributed by atoms with van der Waals surface area (Å²) in [5, 5.41) is 4.01. The Hall–Kier alpha value is -1.73. The van der Waals surface area contributed by atoms with E-state index < -0.39 is 0 Å².